The molecule has 1 aliphatic carbocycles. The fraction of sp³-hybridized carbons (Fsp3) is 0.429. The first kappa shape index (κ1) is 10.5. The maximum absolute atomic E-state index is 12.4. The Morgan fingerprint density at radius 3 is 2.53 bits per heavy atom. The molecular formula is C14H15NO2. The van der Waals surface area contributed by atoms with Crippen LogP contribution in [0.5, 0.6) is 0 Å². The van der Waals surface area contributed by atoms with Gasteiger partial charge in [0.25, 0.3) is 5.91 Å². The smallest absolute Gasteiger partial charge is 0.252 e. The average molecular weight is 229 g/mol. The molecule has 1 heterocycles. The standard InChI is InChI=1S/C14H15NO2/c16-13-9-5-1-2-6-10(9)14(17)15-12-8-4-3-7-11(12)13/h1-2,5-6,11-12H,3-4,7-8H2,(H,15,17)/t11-,12+/m1/s1. The van der Waals surface area contributed by atoms with Gasteiger partial charge in [0.1, 0.15) is 0 Å². The fourth-order valence-electron chi connectivity index (χ4n) is 2.96. The molecule has 3 rings (SSSR count). The molecule has 0 bridgehead atoms. The van der Waals surface area contributed by atoms with Gasteiger partial charge in [-0.1, -0.05) is 31.0 Å². The van der Waals surface area contributed by atoms with Crippen LogP contribution in [0.3, 0.4) is 0 Å². The molecule has 0 spiro atoms. The van der Waals surface area contributed by atoms with Gasteiger partial charge >= 0.3 is 0 Å². The van der Waals surface area contributed by atoms with E-state index in [0.29, 0.717) is 11.1 Å². The van der Waals surface area contributed by atoms with E-state index < -0.39 is 0 Å². The average Bonchev–Trinajstić information content (AvgIpc) is 2.48. The number of ketones is 1. The van der Waals surface area contributed by atoms with Crippen LogP contribution in [0.2, 0.25) is 0 Å². The second kappa shape index (κ2) is 3.99. The molecule has 1 N–H and O–H groups in total. The van der Waals surface area contributed by atoms with Crippen LogP contribution in [-0.2, 0) is 0 Å². The van der Waals surface area contributed by atoms with Crippen molar-refractivity contribution in [2.75, 3.05) is 0 Å². The van der Waals surface area contributed by atoms with Crippen LogP contribution in [0.1, 0.15) is 46.4 Å². The summed E-state index contributed by atoms with van der Waals surface area (Å²) in [6, 6.07) is 7.18. The van der Waals surface area contributed by atoms with E-state index in [2.05, 4.69) is 5.32 Å². The zero-order valence-corrected chi connectivity index (χ0v) is 9.61. The van der Waals surface area contributed by atoms with Crippen molar-refractivity contribution >= 4 is 11.7 Å². The molecule has 0 radical (unpaired) electrons. The van der Waals surface area contributed by atoms with Gasteiger partial charge in [0, 0.05) is 17.5 Å². The van der Waals surface area contributed by atoms with E-state index in [1.165, 1.54) is 0 Å². The minimum Gasteiger partial charge on any atom is -0.349 e. The molecule has 3 heteroatoms. The van der Waals surface area contributed by atoms with Gasteiger partial charge in [0.2, 0.25) is 0 Å². The summed E-state index contributed by atoms with van der Waals surface area (Å²) < 4.78 is 0. The van der Waals surface area contributed by atoms with Crippen LogP contribution in [-0.4, -0.2) is 17.7 Å². The molecule has 1 amide bonds. The van der Waals surface area contributed by atoms with Crippen LogP contribution in [0.25, 0.3) is 0 Å². The van der Waals surface area contributed by atoms with Crippen molar-refractivity contribution in [2.45, 2.75) is 31.7 Å². The van der Waals surface area contributed by atoms with Crippen molar-refractivity contribution < 1.29 is 9.59 Å². The molecular weight excluding hydrogens is 214 g/mol. The number of hydrogen-bond donors (Lipinski definition) is 1. The Morgan fingerprint density at radius 1 is 1.00 bits per heavy atom. The van der Waals surface area contributed by atoms with Gasteiger partial charge in [-0.25, -0.2) is 0 Å². The van der Waals surface area contributed by atoms with Crippen molar-refractivity contribution in [1.82, 2.24) is 5.32 Å². The number of benzene rings is 1. The molecule has 1 fully saturated rings. The molecule has 1 aromatic carbocycles. The Bertz CT molecular complexity index is 481. The number of nitrogens with one attached hydrogen (secondary N) is 1. The summed E-state index contributed by atoms with van der Waals surface area (Å²) in [5.74, 6) is 0.0309. The minimum absolute atomic E-state index is 0.0173. The van der Waals surface area contributed by atoms with Gasteiger partial charge in [-0.3, -0.25) is 9.59 Å². The fourth-order valence-corrected chi connectivity index (χ4v) is 2.96. The molecule has 0 aromatic heterocycles. The number of rotatable bonds is 0. The second-order valence-corrected chi connectivity index (χ2v) is 4.88. The third-order valence-corrected chi connectivity index (χ3v) is 3.86. The number of fused-ring (bicyclic) bond motifs is 2. The summed E-state index contributed by atoms with van der Waals surface area (Å²) in [4.78, 5) is 24.5. The zero-order chi connectivity index (χ0) is 11.8. The molecule has 1 saturated carbocycles. The Morgan fingerprint density at radius 2 is 1.71 bits per heavy atom. The third kappa shape index (κ3) is 1.66. The van der Waals surface area contributed by atoms with Gasteiger partial charge in [-0.2, -0.15) is 0 Å². The predicted octanol–water partition coefficient (Wildman–Crippen LogP) is 2.17. The summed E-state index contributed by atoms with van der Waals surface area (Å²) in [7, 11) is 0. The number of carbonyl (C=O) groups is 2. The van der Waals surface area contributed by atoms with E-state index in [1.54, 1.807) is 18.2 Å². The Labute approximate surface area is 100 Å². The Balaban J connectivity index is 2.08. The van der Waals surface area contributed by atoms with E-state index >= 15 is 0 Å². The number of hydrogen-bond acceptors (Lipinski definition) is 2. The lowest BCUT2D eigenvalue weighted by Gasteiger charge is -2.28. The molecule has 0 saturated heterocycles. The predicted molar refractivity (Wildman–Crippen MR) is 64.0 cm³/mol. The number of amides is 1. The molecule has 88 valence electrons. The second-order valence-electron chi connectivity index (χ2n) is 4.88. The lowest BCUT2D eigenvalue weighted by atomic mass is 9.80. The highest BCUT2D eigenvalue weighted by atomic mass is 16.2. The third-order valence-electron chi connectivity index (χ3n) is 3.86. The highest BCUT2D eigenvalue weighted by Gasteiger charge is 2.37. The van der Waals surface area contributed by atoms with Crippen molar-refractivity contribution in [1.29, 1.82) is 0 Å². The molecule has 0 unspecified atom stereocenters. The van der Waals surface area contributed by atoms with E-state index in [1.807, 2.05) is 6.07 Å². The van der Waals surface area contributed by atoms with Crippen LogP contribution in [0, 0.1) is 5.92 Å². The minimum atomic E-state index is -0.0941. The maximum atomic E-state index is 12.4. The molecule has 17 heavy (non-hydrogen) atoms. The van der Waals surface area contributed by atoms with E-state index in [0.717, 1.165) is 25.7 Å². The van der Waals surface area contributed by atoms with Gasteiger partial charge in [-0.05, 0) is 18.9 Å². The molecule has 2 aliphatic rings. The van der Waals surface area contributed by atoms with Crippen molar-refractivity contribution in [3.63, 3.8) is 0 Å². The summed E-state index contributed by atoms with van der Waals surface area (Å²) in [5, 5.41) is 3.01. The van der Waals surface area contributed by atoms with Crippen LogP contribution in [0.15, 0.2) is 24.3 Å². The van der Waals surface area contributed by atoms with Gasteiger partial charge in [-0.15, -0.1) is 0 Å². The Kier molecular flexibility index (Phi) is 2.46. The van der Waals surface area contributed by atoms with Gasteiger partial charge in [0.05, 0.1) is 5.56 Å². The normalized spacial score (nSPS) is 27.8. The van der Waals surface area contributed by atoms with Crippen LogP contribution < -0.4 is 5.32 Å². The summed E-state index contributed by atoms with van der Waals surface area (Å²) >= 11 is 0. The lowest BCUT2D eigenvalue weighted by molar-refractivity contribution is 0.0837. The van der Waals surface area contributed by atoms with Gasteiger partial charge < -0.3 is 5.32 Å². The molecule has 3 nitrogen and oxygen atoms in total. The molecule has 1 aromatic rings. The summed E-state index contributed by atoms with van der Waals surface area (Å²) in [5.41, 5.74) is 1.13. The first-order valence-corrected chi connectivity index (χ1v) is 6.21. The monoisotopic (exact) mass is 229 g/mol. The quantitative estimate of drug-likeness (QED) is 0.741. The highest BCUT2D eigenvalue weighted by Crippen LogP contribution is 2.31. The topological polar surface area (TPSA) is 46.2 Å². The van der Waals surface area contributed by atoms with E-state index in [4.69, 9.17) is 0 Å². The number of carbonyl (C=O) groups excluding carboxylic acids is 2. The van der Waals surface area contributed by atoms with Crippen LogP contribution >= 0.6 is 0 Å². The first-order valence-electron chi connectivity index (χ1n) is 6.21. The van der Waals surface area contributed by atoms with Crippen molar-refractivity contribution in [3.05, 3.63) is 35.4 Å². The van der Waals surface area contributed by atoms with E-state index in [9.17, 15) is 9.59 Å². The van der Waals surface area contributed by atoms with E-state index in [-0.39, 0.29) is 23.7 Å². The number of Topliss-reactive ketones (excluding diaryl/α,β-unsaturated/α-hetero) is 1. The summed E-state index contributed by atoms with van der Waals surface area (Å²) in [6.45, 7) is 0. The highest BCUT2D eigenvalue weighted by molar-refractivity contribution is 6.10. The first-order chi connectivity index (χ1) is 8.27. The zero-order valence-electron chi connectivity index (χ0n) is 9.61. The molecule has 1 aliphatic heterocycles. The lowest BCUT2D eigenvalue weighted by Crippen LogP contribution is -2.42. The summed E-state index contributed by atoms with van der Waals surface area (Å²) in [6.07, 6.45) is 4.02. The van der Waals surface area contributed by atoms with Crippen molar-refractivity contribution in [2.24, 2.45) is 5.92 Å². The van der Waals surface area contributed by atoms with Crippen molar-refractivity contribution in [3.8, 4) is 0 Å². The largest absolute Gasteiger partial charge is 0.349 e. The Hall–Kier alpha value is -1.64. The SMILES string of the molecule is O=C1N[C@H]2CCCC[C@H]2C(=O)c2ccccc21. The van der Waals surface area contributed by atoms with Gasteiger partial charge in [0.15, 0.2) is 5.78 Å². The van der Waals surface area contributed by atoms with Crippen LogP contribution in [0.4, 0.5) is 0 Å². The maximum Gasteiger partial charge on any atom is 0.252 e. The molecule has 2 atom stereocenters.